The third kappa shape index (κ3) is 3.79. The number of aryl methyl sites for hydroxylation is 1. The van der Waals surface area contributed by atoms with Gasteiger partial charge in [0.05, 0.1) is 18.0 Å². The van der Waals surface area contributed by atoms with Crippen LogP contribution in [0.15, 0.2) is 60.8 Å². The number of carbonyl (C=O) groups excluding carboxylic acids is 1. The van der Waals surface area contributed by atoms with Crippen LogP contribution >= 0.6 is 0 Å². The molecule has 1 aromatic heterocycles. The monoisotopic (exact) mass is 334 g/mol. The Morgan fingerprint density at radius 2 is 1.80 bits per heavy atom. The molecule has 0 radical (unpaired) electrons. The van der Waals surface area contributed by atoms with Crippen LogP contribution in [0, 0.1) is 6.92 Å². The lowest BCUT2D eigenvalue weighted by atomic mass is 10.0. The second-order valence-corrected chi connectivity index (χ2v) is 5.95. The van der Waals surface area contributed by atoms with E-state index in [0.29, 0.717) is 17.9 Å². The van der Waals surface area contributed by atoms with Crippen LogP contribution in [-0.2, 0) is 4.74 Å². The van der Waals surface area contributed by atoms with Gasteiger partial charge in [0, 0.05) is 11.8 Å². The predicted molar refractivity (Wildman–Crippen MR) is 98.9 cm³/mol. The molecule has 2 aromatic carbocycles. The Labute approximate surface area is 148 Å². The van der Waals surface area contributed by atoms with E-state index in [1.54, 1.807) is 10.9 Å². The number of para-hydroxylation sites is 1. The summed E-state index contributed by atoms with van der Waals surface area (Å²) in [6.07, 6.45) is 3.62. The van der Waals surface area contributed by atoms with E-state index in [4.69, 9.17) is 4.74 Å². The Hall–Kier alpha value is -2.88. The number of esters is 1. The van der Waals surface area contributed by atoms with Gasteiger partial charge >= 0.3 is 5.97 Å². The number of unbranched alkanes of at least 4 members (excludes halogenated alkanes) is 1. The minimum atomic E-state index is -0.311. The maximum atomic E-state index is 12.3. The molecular formula is C21H22N2O2. The fourth-order valence-corrected chi connectivity index (χ4v) is 2.71. The van der Waals surface area contributed by atoms with Crippen molar-refractivity contribution in [3.05, 3.63) is 72.1 Å². The first-order valence-electron chi connectivity index (χ1n) is 8.59. The molecule has 128 valence electrons. The van der Waals surface area contributed by atoms with Crippen LogP contribution in [0.2, 0.25) is 0 Å². The summed E-state index contributed by atoms with van der Waals surface area (Å²) in [7, 11) is 0. The van der Waals surface area contributed by atoms with Gasteiger partial charge in [-0.3, -0.25) is 0 Å². The molecule has 0 aliphatic rings. The molecule has 3 aromatic rings. The smallest absolute Gasteiger partial charge is 0.341 e. The maximum absolute atomic E-state index is 12.3. The third-order valence-electron chi connectivity index (χ3n) is 4.09. The molecule has 0 fully saturated rings. The summed E-state index contributed by atoms with van der Waals surface area (Å²) in [5.41, 5.74) is 4.29. The van der Waals surface area contributed by atoms with E-state index in [0.717, 1.165) is 29.7 Å². The van der Waals surface area contributed by atoms with Crippen molar-refractivity contribution in [1.29, 1.82) is 0 Å². The van der Waals surface area contributed by atoms with E-state index >= 15 is 0 Å². The summed E-state index contributed by atoms with van der Waals surface area (Å²) in [4.78, 5) is 12.3. The minimum Gasteiger partial charge on any atom is -0.462 e. The number of carbonyl (C=O) groups is 1. The molecule has 3 rings (SSSR count). The Bertz CT molecular complexity index is 853. The average molecular weight is 334 g/mol. The first kappa shape index (κ1) is 17.0. The number of hydrogen-bond acceptors (Lipinski definition) is 3. The Balaban J connectivity index is 1.94. The molecule has 0 atom stereocenters. The molecule has 0 N–H and O–H groups in total. The van der Waals surface area contributed by atoms with Gasteiger partial charge in [-0.25, -0.2) is 9.48 Å². The Morgan fingerprint density at radius 1 is 1.08 bits per heavy atom. The third-order valence-corrected chi connectivity index (χ3v) is 4.09. The van der Waals surface area contributed by atoms with E-state index in [9.17, 15) is 4.79 Å². The van der Waals surface area contributed by atoms with Gasteiger partial charge < -0.3 is 4.74 Å². The van der Waals surface area contributed by atoms with E-state index in [-0.39, 0.29) is 5.97 Å². The highest BCUT2D eigenvalue weighted by Gasteiger charge is 2.17. The normalized spacial score (nSPS) is 10.6. The molecule has 0 bridgehead atoms. The molecular weight excluding hydrogens is 312 g/mol. The summed E-state index contributed by atoms with van der Waals surface area (Å²) in [6, 6.07) is 18.2. The molecule has 0 saturated heterocycles. The Kier molecular flexibility index (Phi) is 5.29. The second-order valence-electron chi connectivity index (χ2n) is 5.95. The summed E-state index contributed by atoms with van der Waals surface area (Å²) in [5.74, 6) is -0.311. The van der Waals surface area contributed by atoms with Crippen molar-refractivity contribution >= 4 is 5.97 Å². The van der Waals surface area contributed by atoms with Crippen LogP contribution in [0.5, 0.6) is 0 Å². The lowest BCUT2D eigenvalue weighted by molar-refractivity contribution is 0.0499. The van der Waals surface area contributed by atoms with Crippen LogP contribution in [0.1, 0.15) is 35.8 Å². The Morgan fingerprint density at radius 3 is 2.56 bits per heavy atom. The van der Waals surface area contributed by atoms with Gasteiger partial charge in [-0.05, 0) is 25.0 Å². The van der Waals surface area contributed by atoms with Crippen LogP contribution < -0.4 is 0 Å². The van der Waals surface area contributed by atoms with Crippen molar-refractivity contribution in [1.82, 2.24) is 9.78 Å². The number of ether oxygens (including phenoxy) is 1. The second kappa shape index (κ2) is 7.79. The average Bonchev–Trinajstić information content (AvgIpc) is 3.04. The van der Waals surface area contributed by atoms with Gasteiger partial charge in [-0.15, -0.1) is 0 Å². The SMILES string of the molecule is CCCCOC(=O)c1cn(-c2ccccc2-c2ccccc2)nc1C. The topological polar surface area (TPSA) is 44.1 Å². The van der Waals surface area contributed by atoms with E-state index in [1.165, 1.54) is 0 Å². The summed E-state index contributed by atoms with van der Waals surface area (Å²) in [6.45, 7) is 4.34. The zero-order valence-corrected chi connectivity index (χ0v) is 14.6. The van der Waals surface area contributed by atoms with Crippen molar-refractivity contribution in [3.8, 4) is 16.8 Å². The van der Waals surface area contributed by atoms with Crippen molar-refractivity contribution < 1.29 is 9.53 Å². The molecule has 0 aliphatic carbocycles. The lowest BCUT2D eigenvalue weighted by Gasteiger charge is -2.09. The summed E-state index contributed by atoms with van der Waals surface area (Å²) < 4.78 is 7.08. The van der Waals surface area contributed by atoms with Crippen molar-refractivity contribution in [2.24, 2.45) is 0 Å². The van der Waals surface area contributed by atoms with Gasteiger partial charge in [0.15, 0.2) is 0 Å². The number of benzene rings is 2. The molecule has 0 saturated carbocycles. The predicted octanol–water partition coefficient (Wildman–Crippen LogP) is 4.80. The standard InChI is InChI=1S/C21H22N2O2/c1-3-4-14-25-21(24)19-15-23(22-16(19)2)20-13-9-8-12-18(20)17-10-6-5-7-11-17/h5-13,15H,3-4,14H2,1-2H3. The van der Waals surface area contributed by atoms with Crippen LogP contribution in [-0.4, -0.2) is 22.4 Å². The van der Waals surface area contributed by atoms with Gasteiger partial charge in [-0.2, -0.15) is 5.10 Å². The summed E-state index contributed by atoms with van der Waals surface area (Å²) in [5, 5.41) is 4.53. The largest absolute Gasteiger partial charge is 0.462 e. The van der Waals surface area contributed by atoms with Crippen LogP contribution in [0.3, 0.4) is 0 Å². The first-order chi connectivity index (χ1) is 12.2. The first-order valence-corrected chi connectivity index (χ1v) is 8.59. The fourth-order valence-electron chi connectivity index (χ4n) is 2.71. The van der Waals surface area contributed by atoms with Gasteiger partial charge in [0.25, 0.3) is 0 Å². The molecule has 0 spiro atoms. The van der Waals surface area contributed by atoms with Gasteiger partial charge in [-0.1, -0.05) is 61.9 Å². The zero-order valence-electron chi connectivity index (χ0n) is 14.6. The highest BCUT2D eigenvalue weighted by atomic mass is 16.5. The number of nitrogens with zero attached hydrogens (tertiary/aromatic N) is 2. The minimum absolute atomic E-state index is 0.311. The molecule has 0 unspecified atom stereocenters. The number of hydrogen-bond donors (Lipinski definition) is 0. The lowest BCUT2D eigenvalue weighted by Crippen LogP contribution is -2.06. The zero-order chi connectivity index (χ0) is 17.6. The van der Waals surface area contributed by atoms with Crippen molar-refractivity contribution in [2.45, 2.75) is 26.7 Å². The highest BCUT2D eigenvalue weighted by molar-refractivity contribution is 5.90. The van der Waals surface area contributed by atoms with Crippen molar-refractivity contribution in [2.75, 3.05) is 6.61 Å². The molecule has 1 heterocycles. The highest BCUT2D eigenvalue weighted by Crippen LogP contribution is 2.26. The molecule has 25 heavy (non-hydrogen) atoms. The summed E-state index contributed by atoms with van der Waals surface area (Å²) >= 11 is 0. The van der Waals surface area contributed by atoms with Gasteiger partial charge in [0.2, 0.25) is 0 Å². The fraction of sp³-hybridized carbons (Fsp3) is 0.238. The van der Waals surface area contributed by atoms with Crippen LogP contribution in [0.25, 0.3) is 16.8 Å². The maximum Gasteiger partial charge on any atom is 0.341 e. The molecule has 4 nitrogen and oxygen atoms in total. The molecule has 0 amide bonds. The molecule has 4 heteroatoms. The van der Waals surface area contributed by atoms with Crippen LogP contribution in [0.4, 0.5) is 0 Å². The number of aromatic nitrogens is 2. The van der Waals surface area contributed by atoms with E-state index in [1.807, 2.05) is 43.3 Å². The number of rotatable bonds is 6. The molecule has 0 aliphatic heterocycles. The van der Waals surface area contributed by atoms with Crippen molar-refractivity contribution in [3.63, 3.8) is 0 Å². The van der Waals surface area contributed by atoms with Gasteiger partial charge in [0.1, 0.15) is 5.56 Å². The van der Waals surface area contributed by atoms with E-state index in [2.05, 4.69) is 30.2 Å². The van der Waals surface area contributed by atoms with E-state index < -0.39 is 0 Å². The quantitative estimate of drug-likeness (QED) is 0.480.